The predicted octanol–water partition coefficient (Wildman–Crippen LogP) is 9.44. The smallest absolute Gasteiger partial charge is 0.159 e. The summed E-state index contributed by atoms with van der Waals surface area (Å²) < 4.78 is 9.22. The zero-order valence-corrected chi connectivity index (χ0v) is 23.7. The Balaban J connectivity index is 1.51. The van der Waals surface area contributed by atoms with E-state index in [0.29, 0.717) is 0 Å². The number of aromatic nitrogens is 2. The van der Waals surface area contributed by atoms with Gasteiger partial charge in [0.1, 0.15) is 5.58 Å². The van der Waals surface area contributed by atoms with E-state index in [-0.39, 0.29) is 5.41 Å². The van der Waals surface area contributed by atoms with Gasteiger partial charge in [-0.2, -0.15) is 0 Å². The van der Waals surface area contributed by atoms with Crippen LogP contribution in [-0.4, -0.2) is 28.3 Å². The first kappa shape index (κ1) is 22.9. The van der Waals surface area contributed by atoms with Gasteiger partial charge in [-0.1, -0.05) is 62.4 Å². The third-order valence-corrected chi connectivity index (χ3v) is 10.3. The molecule has 0 radical (unpaired) electrons. The van der Waals surface area contributed by atoms with E-state index < -0.39 is 10.0 Å². The van der Waals surface area contributed by atoms with Gasteiger partial charge in [-0.05, 0) is 71.4 Å². The Bertz CT molecular complexity index is 2140. The van der Waals surface area contributed by atoms with E-state index in [1.54, 1.807) is 0 Å². The molecule has 0 unspecified atom stereocenters. The number of para-hydroxylation sites is 2. The van der Waals surface area contributed by atoms with Crippen LogP contribution in [0, 0.1) is 0 Å². The van der Waals surface area contributed by atoms with Crippen molar-refractivity contribution < 1.29 is 4.42 Å². The lowest BCUT2D eigenvalue weighted by Gasteiger charge is -2.25. The molecule has 0 amide bonds. The first-order valence-corrected chi connectivity index (χ1v) is 16.3. The molecule has 0 spiro atoms. The average molecular weight is 527 g/mol. The van der Waals surface area contributed by atoms with Crippen LogP contribution in [0.2, 0.25) is 0 Å². The first-order valence-electron chi connectivity index (χ1n) is 13.4. The van der Waals surface area contributed by atoms with E-state index in [1.165, 1.54) is 43.4 Å². The molecule has 192 valence electrons. The standard InChI is InChI=1S/C35H30N2OS/c1-35(2)27-13-7-6-10-21(27)24-18-25-26-20-36-17-16-29(26)37(31(25)19-28(24)35)30-14-8-11-22-23-12-9-15-32(39(3,4)5)34(23)38-33(22)30/h6-20H,1-5H3. The Morgan fingerprint density at radius 3 is 2.28 bits per heavy atom. The third-order valence-electron chi connectivity index (χ3n) is 8.64. The van der Waals surface area contributed by atoms with Gasteiger partial charge in [0.25, 0.3) is 0 Å². The summed E-state index contributed by atoms with van der Waals surface area (Å²) >= 11 is 0. The Hall–Kier alpha value is -4.02. The van der Waals surface area contributed by atoms with Crippen molar-refractivity contribution in [3.05, 3.63) is 102 Å². The molecule has 3 aromatic heterocycles. The van der Waals surface area contributed by atoms with E-state index in [0.717, 1.165) is 33.1 Å². The highest BCUT2D eigenvalue weighted by atomic mass is 32.3. The third kappa shape index (κ3) is 2.98. The molecule has 8 rings (SSSR count). The Labute approximate surface area is 229 Å². The first-order chi connectivity index (χ1) is 18.7. The zero-order chi connectivity index (χ0) is 26.7. The molecule has 0 aliphatic heterocycles. The molecule has 0 N–H and O–H groups in total. The molecule has 0 atom stereocenters. The highest BCUT2D eigenvalue weighted by Crippen LogP contribution is 2.52. The molecule has 39 heavy (non-hydrogen) atoms. The summed E-state index contributed by atoms with van der Waals surface area (Å²) in [6, 6.07) is 28.9. The highest BCUT2D eigenvalue weighted by Gasteiger charge is 2.36. The van der Waals surface area contributed by atoms with Crippen LogP contribution in [0.15, 0.2) is 101 Å². The van der Waals surface area contributed by atoms with E-state index in [1.807, 2.05) is 12.4 Å². The van der Waals surface area contributed by atoms with Crippen LogP contribution in [0.3, 0.4) is 0 Å². The minimum absolute atomic E-state index is 0.0740. The van der Waals surface area contributed by atoms with E-state index in [9.17, 15) is 0 Å². The summed E-state index contributed by atoms with van der Waals surface area (Å²) in [5, 5.41) is 4.72. The van der Waals surface area contributed by atoms with E-state index >= 15 is 0 Å². The summed E-state index contributed by atoms with van der Waals surface area (Å²) in [6.07, 6.45) is 10.9. The van der Waals surface area contributed by atoms with Crippen molar-refractivity contribution in [3.63, 3.8) is 0 Å². The molecule has 1 aliphatic rings. The molecule has 4 aromatic carbocycles. The number of furan rings is 1. The van der Waals surface area contributed by atoms with Gasteiger partial charge in [0, 0.05) is 44.2 Å². The molecule has 0 saturated carbocycles. The maximum Gasteiger partial charge on any atom is 0.159 e. The lowest BCUT2D eigenvalue weighted by atomic mass is 9.82. The van der Waals surface area contributed by atoms with Gasteiger partial charge in [-0.15, -0.1) is 0 Å². The fourth-order valence-corrected chi connectivity index (χ4v) is 7.95. The van der Waals surface area contributed by atoms with E-state index in [2.05, 4.69) is 121 Å². The van der Waals surface area contributed by atoms with Gasteiger partial charge in [0.15, 0.2) is 5.58 Å². The van der Waals surface area contributed by atoms with Crippen molar-refractivity contribution in [3.8, 4) is 16.8 Å². The minimum Gasteiger partial charge on any atom is -0.453 e. The molecule has 4 heteroatoms. The van der Waals surface area contributed by atoms with Gasteiger partial charge in [-0.3, -0.25) is 4.98 Å². The minimum atomic E-state index is -0.968. The number of pyridine rings is 1. The largest absolute Gasteiger partial charge is 0.453 e. The van der Waals surface area contributed by atoms with E-state index in [4.69, 9.17) is 4.42 Å². The number of hydrogen-bond acceptors (Lipinski definition) is 2. The summed E-state index contributed by atoms with van der Waals surface area (Å²) in [5.41, 5.74) is 10.7. The summed E-state index contributed by atoms with van der Waals surface area (Å²) in [7, 11) is -0.968. The van der Waals surface area contributed by atoms with Gasteiger partial charge in [-0.25, -0.2) is 10.0 Å². The second-order valence-electron chi connectivity index (χ2n) is 12.0. The van der Waals surface area contributed by atoms with Crippen molar-refractivity contribution in [2.75, 3.05) is 18.8 Å². The summed E-state index contributed by atoms with van der Waals surface area (Å²) in [6.45, 7) is 4.68. The number of nitrogens with zero attached hydrogens (tertiary/aromatic N) is 2. The topological polar surface area (TPSA) is 31.0 Å². The van der Waals surface area contributed by atoms with Crippen LogP contribution in [0.5, 0.6) is 0 Å². The van der Waals surface area contributed by atoms with Crippen LogP contribution >= 0.6 is 10.0 Å². The van der Waals surface area contributed by atoms with Gasteiger partial charge < -0.3 is 8.98 Å². The van der Waals surface area contributed by atoms with Crippen molar-refractivity contribution >= 4 is 53.8 Å². The normalized spacial score (nSPS) is 14.9. The fraction of sp³-hybridized carbons (Fsp3) is 0.171. The van der Waals surface area contributed by atoms with Crippen molar-refractivity contribution in [2.24, 2.45) is 0 Å². The second kappa shape index (κ2) is 7.55. The lowest BCUT2D eigenvalue weighted by Crippen LogP contribution is -2.14. The molecule has 3 heterocycles. The van der Waals surface area contributed by atoms with Gasteiger partial charge >= 0.3 is 0 Å². The Kier molecular flexibility index (Phi) is 4.44. The van der Waals surface area contributed by atoms with Crippen LogP contribution in [0.1, 0.15) is 25.0 Å². The van der Waals surface area contributed by atoms with Crippen LogP contribution < -0.4 is 0 Å². The molecule has 0 fully saturated rings. The predicted molar refractivity (Wildman–Crippen MR) is 167 cm³/mol. The second-order valence-corrected chi connectivity index (χ2v) is 16.2. The SMILES string of the molecule is CC1(C)c2ccccc2-c2cc3c4cnccc4n(-c4cccc5c4oc4c(S(C)(C)C)cccc45)c3cc21. The van der Waals surface area contributed by atoms with Gasteiger partial charge in [0.2, 0.25) is 0 Å². The number of fused-ring (bicyclic) bond motifs is 9. The molecular formula is C35H30N2OS. The maximum atomic E-state index is 6.83. The van der Waals surface area contributed by atoms with Crippen LogP contribution in [0.4, 0.5) is 0 Å². The van der Waals surface area contributed by atoms with Crippen molar-refractivity contribution in [1.29, 1.82) is 0 Å². The van der Waals surface area contributed by atoms with Crippen molar-refractivity contribution in [2.45, 2.75) is 24.2 Å². The number of rotatable bonds is 2. The zero-order valence-electron chi connectivity index (χ0n) is 22.9. The molecule has 3 nitrogen and oxygen atoms in total. The number of benzene rings is 4. The van der Waals surface area contributed by atoms with Crippen molar-refractivity contribution in [1.82, 2.24) is 9.55 Å². The monoisotopic (exact) mass is 526 g/mol. The molecular weight excluding hydrogens is 496 g/mol. The summed E-state index contributed by atoms with van der Waals surface area (Å²) in [5.74, 6) is 0. The quantitative estimate of drug-likeness (QED) is 0.225. The van der Waals surface area contributed by atoms with Gasteiger partial charge in [0.05, 0.1) is 16.7 Å². The maximum absolute atomic E-state index is 6.83. The summed E-state index contributed by atoms with van der Waals surface area (Å²) in [4.78, 5) is 5.85. The Morgan fingerprint density at radius 2 is 1.46 bits per heavy atom. The lowest BCUT2D eigenvalue weighted by molar-refractivity contribution is 0.657. The fourth-order valence-electron chi connectivity index (χ4n) is 6.75. The average Bonchev–Trinajstić information content (AvgIpc) is 3.54. The molecule has 0 saturated heterocycles. The molecule has 7 aromatic rings. The molecule has 1 aliphatic carbocycles. The Morgan fingerprint density at radius 1 is 0.692 bits per heavy atom. The number of hydrogen-bond donors (Lipinski definition) is 0. The van der Waals surface area contributed by atoms with Crippen LogP contribution in [-0.2, 0) is 5.41 Å². The molecule has 0 bridgehead atoms. The van der Waals surface area contributed by atoms with Crippen LogP contribution in [0.25, 0.3) is 60.6 Å². The highest BCUT2D eigenvalue weighted by molar-refractivity contribution is 8.32.